The number of likely N-dealkylation sites (tertiary alicyclic amines) is 2. The minimum absolute atomic E-state index is 0.00447. The number of nitrogens with one attached hydrogen (secondary N) is 1. The van der Waals surface area contributed by atoms with E-state index >= 15 is 4.39 Å². The molecule has 236 valence electrons. The Bertz CT molecular complexity index is 1740. The van der Waals surface area contributed by atoms with Crippen molar-refractivity contribution in [3.8, 4) is 0 Å². The number of carbonyl (C=O) groups is 3. The summed E-state index contributed by atoms with van der Waals surface area (Å²) in [5.74, 6) is -2.18. The number of amides is 2. The molecule has 6 rings (SSSR count). The van der Waals surface area contributed by atoms with Crippen LogP contribution in [-0.2, 0) is 27.2 Å². The number of rotatable bonds is 11. The van der Waals surface area contributed by atoms with Crippen LogP contribution >= 0.6 is 34.3 Å². The van der Waals surface area contributed by atoms with Crippen LogP contribution in [0.5, 0.6) is 0 Å². The second kappa shape index (κ2) is 13.5. The van der Waals surface area contributed by atoms with Gasteiger partial charge in [-0.3, -0.25) is 19.3 Å². The molecule has 2 aliphatic rings. The van der Waals surface area contributed by atoms with Crippen LogP contribution in [-0.4, -0.2) is 76.1 Å². The van der Waals surface area contributed by atoms with Crippen molar-refractivity contribution in [3.05, 3.63) is 79.8 Å². The molecule has 2 amide bonds. The van der Waals surface area contributed by atoms with Gasteiger partial charge in [-0.25, -0.2) is 9.37 Å². The summed E-state index contributed by atoms with van der Waals surface area (Å²) >= 11 is 9.37. The van der Waals surface area contributed by atoms with Gasteiger partial charge in [0.15, 0.2) is 0 Å². The molecule has 2 aromatic carbocycles. The number of hydrogen-bond acceptors (Lipinski definition) is 8. The Hall–Kier alpha value is -3.42. The molecular formula is C32H32ClFN4O5S2. The van der Waals surface area contributed by atoms with Gasteiger partial charge < -0.3 is 20.1 Å². The van der Waals surface area contributed by atoms with Crippen molar-refractivity contribution in [2.24, 2.45) is 0 Å². The number of aliphatic carboxylic acids is 1. The van der Waals surface area contributed by atoms with Crippen LogP contribution in [0.25, 0.3) is 10.1 Å². The first-order chi connectivity index (χ1) is 21.7. The lowest BCUT2D eigenvalue weighted by Crippen LogP contribution is -2.57. The maximum Gasteiger partial charge on any atom is 0.303 e. The van der Waals surface area contributed by atoms with Crippen LogP contribution in [0.3, 0.4) is 0 Å². The monoisotopic (exact) mass is 670 g/mol. The molecule has 4 aromatic rings. The van der Waals surface area contributed by atoms with E-state index in [9.17, 15) is 14.4 Å². The van der Waals surface area contributed by atoms with E-state index in [2.05, 4.69) is 15.2 Å². The maximum atomic E-state index is 15.4. The molecule has 2 aliphatic heterocycles. The number of carbonyl (C=O) groups excluding carboxylic acids is 2. The zero-order chi connectivity index (χ0) is 31.7. The largest absolute Gasteiger partial charge is 0.481 e. The van der Waals surface area contributed by atoms with E-state index in [-0.39, 0.29) is 53.2 Å². The minimum Gasteiger partial charge on any atom is -0.481 e. The smallest absolute Gasteiger partial charge is 0.303 e. The molecule has 0 bridgehead atoms. The average molecular weight is 671 g/mol. The molecule has 2 atom stereocenters. The summed E-state index contributed by atoms with van der Waals surface area (Å²) in [6.45, 7) is 4.65. The first-order valence-electron chi connectivity index (χ1n) is 14.8. The van der Waals surface area contributed by atoms with Crippen LogP contribution < -0.4 is 5.32 Å². The van der Waals surface area contributed by atoms with Gasteiger partial charge in [0.25, 0.3) is 5.91 Å². The summed E-state index contributed by atoms with van der Waals surface area (Å²) in [5, 5.41) is 15.2. The first-order valence-corrected chi connectivity index (χ1v) is 16.8. The van der Waals surface area contributed by atoms with Crippen LogP contribution in [0.1, 0.15) is 51.6 Å². The predicted octanol–water partition coefficient (Wildman–Crippen LogP) is 6.03. The van der Waals surface area contributed by atoms with E-state index in [1.54, 1.807) is 16.5 Å². The number of aromatic nitrogens is 1. The third-order valence-electron chi connectivity index (χ3n) is 8.29. The Balaban J connectivity index is 1.17. The second-order valence-corrected chi connectivity index (χ2v) is 13.7. The number of aryl methyl sites for hydroxylation is 1. The Morgan fingerprint density at radius 2 is 2.00 bits per heavy atom. The van der Waals surface area contributed by atoms with E-state index in [0.717, 1.165) is 39.1 Å². The standard InChI is InChI=1S/C32H32ClFN4O5S2/c1-2-43-20-15-37(16-20)19-11-27(32-35-13-21(45-32)7-8-30(40)41)38(14-19)29(39)10-18-9-24(33)26(12-25(18)34)36-31(42)23-17-44-28-6-4-3-5-22(23)28/h3-6,9,12-13,17,19-20,27H,2,7-8,10-11,14-16H2,1H3,(H,36,42)(H,40,41)/t19-,27-/m0/s1. The Morgan fingerprint density at radius 1 is 1.20 bits per heavy atom. The van der Waals surface area contributed by atoms with Gasteiger partial charge in [0.1, 0.15) is 10.8 Å². The molecule has 0 unspecified atom stereocenters. The van der Waals surface area contributed by atoms with Crippen LogP contribution in [0, 0.1) is 5.82 Å². The number of carboxylic acids is 1. The van der Waals surface area contributed by atoms with Crippen molar-refractivity contribution in [2.45, 2.75) is 50.8 Å². The predicted molar refractivity (Wildman–Crippen MR) is 173 cm³/mol. The lowest BCUT2D eigenvalue weighted by molar-refractivity contribution is -0.137. The molecule has 0 spiro atoms. The number of ether oxygens (including phenoxy) is 1. The number of benzene rings is 2. The highest BCUT2D eigenvalue weighted by molar-refractivity contribution is 7.17. The van der Waals surface area contributed by atoms with Crippen molar-refractivity contribution in [3.63, 3.8) is 0 Å². The minimum atomic E-state index is -0.879. The molecule has 4 heterocycles. The highest BCUT2D eigenvalue weighted by Crippen LogP contribution is 2.39. The van der Waals surface area contributed by atoms with E-state index < -0.39 is 17.7 Å². The third kappa shape index (κ3) is 6.90. The molecule has 45 heavy (non-hydrogen) atoms. The Morgan fingerprint density at radius 3 is 2.78 bits per heavy atom. The van der Waals surface area contributed by atoms with E-state index in [0.29, 0.717) is 31.6 Å². The summed E-state index contributed by atoms with van der Waals surface area (Å²) in [4.78, 5) is 47.3. The Labute approximate surface area is 272 Å². The Kier molecular flexibility index (Phi) is 9.48. The normalized spacial score (nSPS) is 18.8. The fourth-order valence-electron chi connectivity index (χ4n) is 5.95. The number of anilines is 1. The van der Waals surface area contributed by atoms with Crippen molar-refractivity contribution in [1.82, 2.24) is 14.8 Å². The zero-order valence-electron chi connectivity index (χ0n) is 24.5. The third-order valence-corrected chi connectivity index (χ3v) is 10.7. The molecule has 0 aliphatic carbocycles. The molecule has 9 nitrogen and oxygen atoms in total. The van der Waals surface area contributed by atoms with Crippen molar-refractivity contribution >= 4 is 67.8 Å². The zero-order valence-corrected chi connectivity index (χ0v) is 26.9. The molecule has 0 radical (unpaired) electrons. The molecule has 2 fully saturated rings. The second-order valence-electron chi connectivity index (χ2n) is 11.2. The van der Waals surface area contributed by atoms with Gasteiger partial charge in [-0.15, -0.1) is 22.7 Å². The summed E-state index contributed by atoms with van der Waals surface area (Å²) in [5.41, 5.74) is 0.736. The van der Waals surface area contributed by atoms with E-state index in [1.165, 1.54) is 28.7 Å². The number of thiophene rings is 1. The number of thiazole rings is 1. The quantitative estimate of drug-likeness (QED) is 0.201. The summed E-state index contributed by atoms with van der Waals surface area (Å²) < 4.78 is 22.1. The summed E-state index contributed by atoms with van der Waals surface area (Å²) in [6.07, 6.45) is 2.69. The summed E-state index contributed by atoms with van der Waals surface area (Å²) in [6, 6.07) is 9.88. The number of fused-ring (bicyclic) bond motifs is 1. The molecular weight excluding hydrogens is 639 g/mol. The first kappa shape index (κ1) is 31.6. The van der Waals surface area contributed by atoms with E-state index in [4.69, 9.17) is 21.4 Å². The number of nitrogens with zero attached hydrogens (tertiary/aromatic N) is 3. The lowest BCUT2D eigenvalue weighted by atomic mass is 10.1. The topological polar surface area (TPSA) is 112 Å². The van der Waals surface area contributed by atoms with Crippen molar-refractivity contribution in [1.29, 1.82) is 0 Å². The number of carboxylic acid groups (broad SMARTS) is 1. The highest BCUT2D eigenvalue weighted by atomic mass is 35.5. The van der Waals surface area contributed by atoms with Gasteiger partial charge in [0.2, 0.25) is 5.91 Å². The van der Waals surface area contributed by atoms with Gasteiger partial charge in [-0.1, -0.05) is 29.8 Å². The van der Waals surface area contributed by atoms with Gasteiger partial charge in [-0.2, -0.15) is 0 Å². The fraction of sp³-hybridized carbons (Fsp3) is 0.375. The number of halogens is 2. The van der Waals surface area contributed by atoms with Crippen molar-refractivity contribution in [2.75, 3.05) is 31.6 Å². The van der Waals surface area contributed by atoms with Gasteiger partial charge in [0.05, 0.1) is 41.3 Å². The SMILES string of the molecule is CCOC1CN([C@H]2C[C@@H](c3ncc(CCC(=O)O)s3)N(C(=O)Cc3cc(Cl)c(NC(=O)c4csc5ccccc45)cc3F)C2)C1. The van der Waals surface area contributed by atoms with Gasteiger partial charge >= 0.3 is 5.97 Å². The average Bonchev–Trinajstić information content (AvgIpc) is 3.74. The maximum absolute atomic E-state index is 15.4. The fourth-order valence-corrected chi connectivity index (χ4v) is 8.16. The van der Waals surface area contributed by atoms with Gasteiger partial charge in [0, 0.05) is 58.8 Å². The van der Waals surface area contributed by atoms with Crippen LogP contribution in [0.15, 0.2) is 48.0 Å². The highest BCUT2D eigenvalue weighted by Gasteiger charge is 2.43. The summed E-state index contributed by atoms with van der Waals surface area (Å²) in [7, 11) is 0. The van der Waals surface area contributed by atoms with Crippen LogP contribution in [0.2, 0.25) is 5.02 Å². The molecule has 0 saturated carbocycles. The van der Waals surface area contributed by atoms with Crippen LogP contribution in [0.4, 0.5) is 10.1 Å². The van der Waals surface area contributed by atoms with E-state index in [1.807, 2.05) is 31.2 Å². The molecule has 2 aromatic heterocycles. The lowest BCUT2D eigenvalue weighted by Gasteiger charge is -2.42. The molecule has 13 heteroatoms. The molecule has 2 N–H and O–H groups in total. The van der Waals surface area contributed by atoms with Crippen molar-refractivity contribution < 1.29 is 28.6 Å². The van der Waals surface area contributed by atoms with Gasteiger partial charge in [-0.05, 0) is 43.5 Å². The molecule has 2 saturated heterocycles. The number of hydrogen-bond donors (Lipinski definition) is 2.